The van der Waals surface area contributed by atoms with E-state index in [1.54, 1.807) is 19.9 Å². The molecule has 0 aliphatic heterocycles. The molecule has 0 aliphatic carbocycles. The van der Waals surface area contributed by atoms with Crippen LogP contribution in [0.5, 0.6) is 0 Å². The second-order valence-corrected chi connectivity index (χ2v) is 9.07. The zero-order valence-electron chi connectivity index (χ0n) is 17.6. The minimum absolute atomic E-state index is 0.160. The van der Waals surface area contributed by atoms with Gasteiger partial charge in [-0.3, -0.25) is 0 Å². The average Bonchev–Trinajstić information content (AvgIpc) is 3.08. The first kappa shape index (κ1) is 20.9. The molecule has 2 heterocycles. The van der Waals surface area contributed by atoms with Crippen LogP contribution < -0.4 is 4.72 Å². The molecule has 0 fully saturated rings. The topological polar surface area (TPSA) is 89.8 Å². The average molecular weight is 434 g/mol. The molecule has 0 aliphatic rings. The van der Waals surface area contributed by atoms with Crippen molar-refractivity contribution in [3.8, 4) is 17.1 Å². The molecule has 31 heavy (non-hydrogen) atoms. The summed E-state index contributed by atoms with van der Waals surface area (Å²) < 4.78 is 30.1. The molecule has 1 N–H and O–H groups in total. The third-order valence-electron chi connectivity index (χ3n) is 5.02. The lowest BCUT2D eigenvalue weighted by atomic mass is 10.1. The summed E-state index contributed by atoms with van der Waals surface area (Å²) in [7, 11) is -3.74. The SMILES string of the molecule is Cc1ccc(-c2ccc(-n3nc(C)c(S(=O)(=O)NCc4ccccc4)c3C)nn2)cc1. The number of nitrogens with zero attached hydrogens (tertiary/aromatic N) is 4. The summed E-state index contributed by atoms with van der Waals surface area (Å²) in [6.45, 7) is 5.63. The van der Waals surface area contributed by atoms with Gasteiger partial charge in [0.2, 0.25) is 10.0 Å². The Hall–Kier alpha value is -3.36. The summed E-state index contributed by atoms with van der Waals surface area (Å²) in [6, 6.07) is 21.0. The van der Waals surface area contributed by atoms with Crippen LogP contribution in [0, 0.1) is 20.8 Å². The lowest BCUT2D eigenvalue weighted by Gasteiger charge is -2.08. The van der Waals surface area contributed by atoms with Crippen LogP contribution in [-0.2, 0) is 16.6 Å². The van der Waals surface area contributed by atoms with E-state index in [4.69, 9.17) is 0 Å². The normalized spacial score (nSPS) is 11.6. The van der Waals surface area contributed by atoms with Crippen molar-refractivity contribution in [2.75, 3.05) is 0 Å². The summed E-state index contributed by atoms with van der Waals surface area (Å²) in [6.07, 6.45) is 0. The van der Waals surface area contributed by atoms with E-state index in [9.17, 15) is 8.42 Å². The Kier molecular flexibility index (Phi) is 5.67. The number of benzene rings is 2. The van der Waals surface area contributed by atoms with Crippen LogP contribution in [0.1, 0.15) is 22.5 Å². The van der Waals surface area contributed by atoms with E-state index in [0.29, 0.717) is 17.2 Å². The fraction of sp³-hybridized carbons (Fsp3) is 0.174. The summed E-state index contributed by atoms with van der Waals surface area (Å²) >= 11 is 0. The fourth-order valence-electron chi connectivity index (χ4n) is 3.40. The van der Waals surface area contributed by atoms with Gasteiger partial charge in [-0.15, -0.1) is 10.2 Å². The van der Waals surface area contributed by atoms with Crippen molar-refractivity contribution in [3.63, 3.8) is 0 Å². The van der Waals surface area contributed by atoms with E-state index in [1.165, 1.54) is 10.2 Å². The molecular weight excluding hydrogens is 410 g/mol. The molecular formula is C23H23N5O2S. The summed E-state index contributed by atoms with van der Waals surface area (Å²) in [5.74, 6) is 0.459. The number of hydrogen-bond acceptors (Lipinski definition) is 5. The standard InChI is InChI=1S/C23H23N5O2S/c1-16-9-11-20(12-10-16)21-13-14-22(26-25-21)28-18(3)23(17(2)27-28)31(29,30)24-15-19-7-5-4-6-8-19/h4-14,24H,15H2,1-3H3. The number of hydrogen-bond donors (Lipinski definition) is 1. The van der Waals surface area contributed by atoms with Gasteiger partial charge >= 0.3 is 0 Å². The van der Waals surface area contributed by atoms with E-state index < -0.39 is 10.0 Å². The van der Waals surface area contributed by atoms with Crippen molar-refractivity contribution in [2.45, 2.75) is 32.2 Å². The molecule has 0 saturated carbocycles. The van der Waals surface area contributed by atoms with Crippen molar-refractivity contribution in [2.24, 2.45) is 0 Å². The molecule has 0 bridgehead atoms. The summed E-state index contributed by atoms with van der Waals surface area (Å²) in [4.78, 5) is 0.160. The van der Waals surface area contributed by atoms with Crippen molar-refractivity contribution >= 4 is 10.0 Å². The lowest BCUT2D eigenvalue weighted by molar-refractivity contribution is 0.580. The van der Waals surface area contributed by atoms with Crippen LogP contribution in [0.4, 0.5) is 0 Å². The Morgan fingerprint density at radius 1 is 0.871 bits per heavy atom. The van der Waals surface area contributed by atoms with Gasteiger partial charge in [0.05, 0.1) is 17.1 Å². The lowest BCUT2D eigenvalue weighted by Crippen LogP contribution is -2.24. The van der Waals surface area contributed by atoms with Gasteiger partial charge in [-0.1, -0.05) is 60.2 Å². The Labute approximate surface area is 181 Å². The second kappa shape index (κ2) is 8.41. The van der Waals surface area contributed by atoms with Gasteiger partial charge in [-0.2, -0.15) is 5.10 Å². The van der Waals surface area contributed by atoms with Crippen molar-refractivity contribution < 1.29 is 8.42 Å². The Bertz CT molecular complexity index is 1300. The molecule has 4 rings (SSSR count). The van der Waals surface area contributed by atoms with Crippen LogP contribution in [0.2, 0.25) is 0 Å². The summed E-state index contributed by atoms with van der Waals surface area (Å²) in [5.41, 5.74) is 4.64. The highest BCUT2D eigenvalue weighted by atomic mass is 32.2. The van der Waals surface area contributed by atoms with E-state index in [0.717, 1.165) is 16.8 Å². The summed E-state index contributed by atoms with van der Waals surface area (Å²) in [5, 5.41) is 13.0. The largest absolute Gasteiger partial charge is 0.244 e. The molecule has 2 aromatic heterocycles. The molecule has 0 saturated heterocycles. The second-order valence-electron chi connectivity index (χ2n) is 7.36. The minimum atomic E-state index is -3.74. The molecule has 2 aromatic carbocycles. The highest BCUT2D eigenvalue weighted by Gasteiger charge is 2.25. The van der Waals surface area contributed by atoms with Crippen LogP contribution in [0.15, 0.2) is 71.6 Å². The molecule has 0 spiro atoms. The Balaban J connectivity index is 1.61. The number of aryl methyl sites for hydroxylation is 2. The highest BCUT2D eigenvalue weighted by molar-refractivity contribution is 7.89. The van der Waals surface area contributed by atoms with Gasteiger partial charge in [-0.25, -0.2) is 17.8 Å². The maximum absolute atomic E-state index is 13.0. The third kappa shape index (κ3) is 4.40. The predicted molar refractivity (Wildman–Crippen MR) is 119 cm³/mol. The van der Waals surface area contributed by atoms with Crippen molar-refractivity contribution in [1.82, 2.24) is 24.7 Å². The van der Waals surface area contributed by atoms with Gasteiger partial charge in [0, 0.05) is 12.1 Å². The van der Waals surface area contributed by atoms with Crippen molar-refractivity contribution in [3.05, 3.63) is 89.2 Å². The molecule has 8 heteroatoms. The maximum atomic E-state index is 13.0. The van der Waals surface area contributed by atoms with Gasteiger partial charge in [0.1, 0.15) is 4.90 Å². The first-order valence-corrected chi connectivity index (χ1v) is 11.3. The molecule has 0 radical (unpaired) electrons. The monoisotopic (exact) mass is 433 g/mol. The third-order valence-corrected chi connectivity index (χ3v) is 6.67. The van der Waals surface area contributed by atoms with Crippen LogP contribution in [0.3, 0.4) is 0 Å². The zero-order valence-corrected chi connectivity index (χ0v) is 18.4. The first-order valence-electron chi connectivity index (χ1n) is 9.86. The molecule has 7 nitrogen and oxygen atoms in total. The van der Waals surface area contributed by atoms with Crippen LogP contribution in [-0.4, -0.2) is 28.4 Å². The van der Waals surface area contributed by atoms with E-state index >= 15 is 0 Å². The van der Waals surface area contributed by atoms with Gasteiger partial charge in [-0.05, 0) is 38.5 Å². The molecule has 0 unspecified atom stereocenters. The molecule has 0 amide bonds. The zero-order chi connectivity index (χ0) is 22.0. The number of aromatic nitrogens is 4. The molecule has 4 aromatic rings. The number of sulfonamides is 1. The highest BCUT2D eigenvalue weighted by Crippen LogP contribution is 2.23. The van der Waals surface area contributed by atoms with Crippen LogP contribution >= 0.6 is 0 Å². The van der Waals surface area contributed by atoms with Crippen molar-refractivity contribution in [1.29, 1.82) is 0 Å². The van der Waals surface area contributed by atoms with Gasteiger partial charge in [0.25, 0.3) is 0 Å². The first-order chi connectivity index (χ1) is 14.8. The fourth-order valence-corrected chi connectivity index (χ4v) is 4.81. The maximum Gasteiger partial charge on any atom is 0.244 e. The Morgan fingerprint density at radius 3 is 2.23 bits per heavy atom. The number of rotatable bonds is 6. The smallest absolute Gasteiger partial charge is 0.216 e. The quantitative estimate of drug-likeness (QED) is 0.500. The molecule has 158 valence electrons. The van der Waals surface area contributed by atoms with Gasteiger partial charge < -0.3 is 0 Å². The minimum Gasteiger partial charge on any atom is -0.216 e. The Morgan fingerprint density at radius 2 is 1.58 bits per heavy atom. The number of nitrogens with one attached hydrogen (secondary N) is 1. The van der Waals surface area contributed by atoms with Gasteiger partial charge in [0.15, 0.2) is 5.82 Å². The van der Waals surface area contributed by atoms with Crippen LogP contribution in [0.25, 0.3) is 17.1 Å². The van der Waals surface area contributed by atoms with E-state index in [-0.39, 0.29) is 11.4 Å². The van der Waals surface area contributed by atoms with E-state index in [1.807, 2.05) is 67.6 Å². The predicted octanol–water partition coefficient (Wildman–Crippen LogP) is 3.73. The van der Waals surface area contributed by atoms with E-state index in [2.05, 4.69) is 20.0 Å². The molecule has 0 atom stereocenters.